The molecule has 2 aliphatic rings. The van der Waals surface area contributed by atoms with Gasteiger partial charge in [-0.05, 0) is 25.0 Å². The molecule has 166 valence electrons. The molecule has 31 heavy (non-hydrogen) atoms. The summed E-state index contributed by atoms with van der Waals surface area (Å²) in [5.41, 5.74) is -0.993. The maximum atomic E-state index is 13.3. The van der Waals surface area contributed by atoms with E-state index in [1.54, 1.807) is 13.0 Å². The molecule has 8 heteroatoms. The molecule has 0 bridgehead atoms. The Bertz CT molecular complexity index is 1030. The van der Waals surface area contributed by atoms with Gasteiger partial charge in [0, 0.05) is 24.1 Å². The fourth-order valence-electron chi connectivity index (χ4n) is 4.50. The van der Waals surface area contributed by atoms with Gasteiger partial charge in [-0.3, -0.25) is 9.59 Å². The van der Waals surface area contributed by atoms with E-state index in [9.17, 15) is 19.8 Å². The molecule has 0 aliphatic carbocycles. The summed E-state index contributed by atoms with van der Waals surface area (Å²) in [6.07, 6.45) is 0.475. The number of hydrogen-bond donors (Lipinski definition) is 3. The highest BCUT2D eigenvalue weighted by molar-refractivity contribution is 5.87. The van der Waals surface area contributed by atoms with Crippen molar-refractivity contribution in [1.82, 2.24) is 9.88 Å². The summed E-state index contributed by atoms with van der Waals surface area (Å²) in [5.74, 6) is -1.68. The molecule has 8 nitrogen and oxygen atoms in total. The van der Waals surface area contributed by atoms with Crippen molar-refractivity contribution in [1.29, 1.82) is 0 Å². The zero-order chi connectivity index (χ0) is 22.2. The van der Waals surface area contributed by atoms with Crippen molar-refractivity contribution >= 4 is 5.91 Å². The number of aliphatic hydroxyl groups excluding tert-OH is 1. The van der Waals surface area contributed by atoms with Crippen LogP contribution in [0.25, 0.3) is 0 Å². The highest BCUT2D eigenvalue weighted by Crippen LogP contribution is 2.41. The van der Waals surface area contributed by atoms with Crippen LogP contribution in [-0.4, -0.2) is 33.9 Å². The summed E-state index contributed by atoms with van der Waals surface area (Å²) in [6.45, 7) is 4.08. The molecule has 0 radical (unpaired) electrons. The Morgan fingerprint density at radius 1 is 1.29 bits per heavy atom. The molecule has 2 aliphatic heterocycles. The molecule has 2 aromatic rings. The lowest BCUT2D eigenvalue weighted by Gasteiger charge is -2.31. The Morgan fingerprint density at radius 3 is 2.58 bits per heavy atom. The summed E-state index contributed by atoms with van der Waals surface area (Å²) in [4.78, 5) is 26.4. The van der Waals surface area contributed by atoms with Gasteiger partial charge in [-0.1, -0.05) is 37.3 Å². The lowest BCUT2D eigenvalue weighted by Crippen LogP contribution is -2.47. The van der Waals surface area contributed by atoms with Crippen molar-refractivity contribution in [3.8, 4) is 0 Å². The number of fused-ring (bicyclic) bond motifs is 2. The van der Waals surface area contributed by atoms with E-state index in [2.05, 4.69) is 5.32 Å². The molecule has 1 fully saturated rings. The summed E-state index contributed by atoms with van der Waals surface area (Å²) in [5, 5.41) is 24.3. The number of aromatic nitrogens is 1. The molecule has 4 rings (SSSR count). The number of nitrogens with one attached hydrogen (secondary N) is 1. The molecule has 1 aromatic heterocycles. The number of hydrogen-bond acceptors (Lipinski definition) is 6. The number of nitrogens with zero attached hydrogens (tertiary/aromatic N) is 1. The Morgan fingerprint density at radius 2 is 1.97 bits per heavy atom. The standard InChI is InChI=1S/C23H28N2O6/c1-3-22(29,21(28)24-15(2)16-7-5-4-6-8-16)18-13-19-23(30-11-12-31-23)9-10-25(19)20(27)17(18)14-26/h4-8,13,15,26,29H,3,9-12,14H2,1-2H3,(H,24,28)/t15-,22-/m0/s1. The molecular weight excluding hydrogens is 400 g/mol. The summed E-state index contributed by atoms with van der Waals surface area (Å²) in [7, 11) is 0. The zero-order valence-electron chi connectivity index (χ0n) is 17.8. The van der Waals surface area contributed by atoms with Gasteiger partial charge in [0.25, 0.3) is 11.5 Å². The average Bonchev–Trinajstić information content (AvgIpc) is 3.41. The van der Waals surface area contributed by atoms with Gasteiger partial charge in [-0.25, -0.2) is 0 Å². The van der Waals surface area contributed by atoms with E-state index in [0.29, 0.717) is 31.9 Å². The first-order chi connectivity index (χ1) is 14.9. The highest BCUT2D eigenvalue weighted by Gasteiger charge is 2.48. The van der Waals surface area contributed by atoms with Crippen molar-refractivity contribution in [2.45, 2.75) is 57.3 Å². The van der Waals surface area contributed by atoms with Gasteiger partial charge in [-0.2, -0.15) is 0 Å². The van der Waals surface area contributed by atoms with E-state index in [4.69, 9.17) is 9.47 Å². The maximum absolute atomic E-state index is 13.3. The number of carbonyl (C=O) groups is 1. The molecular formula is C23H28N2O6. The summed E-state index contributed by atoms with van der Waals surface area (Å²) in [6, 6.07) is 10.6. The molecule has 3 heterocycles. The Labute approximate surface area is 180 Å². The second-order valence-corrected chi connectivity index (χ2v) is 8.06. The van der Waals surface area contributed by atoms with E-state index < -0.39 is 29.5 Å². The topological polar surface area (TPSA) is 110 Å². The molecule has 1 spiro atoms. The second kappa shape index (κ2) is 8.20. The van der Waals surface area contributed by atoms with Crippen LogP contribution in [0.3, 0.4) is 0 Å². The highest BCUT2D eigenvalue weighted by atomic mass is 16.7. The van der Waals surface area contributed by atoms with Crippen LogP contribution in [0.4, 0.5) is 0 Å². The summed E-state index contributed by atoms with van der Waals surface area (Å²) >= 11 is 0. The van der Waals surface area contributed by atoms with E-state index >= 15 is 0 Å². The fraction of sp³-hybridized carbons (Fsp3) is 0.478. The van der Waals surface area contributed by atoms with Gasteiger partial charge < -0.3 is 29.6 Å². The number of rotatable bonds is 6. The predicted molar refractivity (Wildman–Crippen MR) is 112 cm³/mol. The van der Waals surface area contributed by atoms with Crippen LogP contribution >= 0.6 is 0 Å². The van der Waals surface area contributed by atoms with Crippen LogP contribution in [0.15, 0.2) is 41.2 Å². The first-order valence-electron chi connectivity index (χ1n) is 10.6. The van der Waals surface area contributed by atoms with Gasteiger partial charge in [0.2, 0.25) is 5.79 Å². The van der Waals surface area contributed by atoms with E-state index in [-0.39, 0.29) is 23.6 Å². The number of ether oxygens (including phenoxy) is 2. The predicted octanol–water partition coefficient (Wildman–Crippen LogP) is 1.42. The van der Waals surface area contributed by atoms with Gasteiger partial charge in [-0.15, -0.1) is 0 Å². The van der Waals surface area contributed by atoms with Crippen LogP contribution in [0.5, 0.6) is 0 Å². The maximum Gasteiger partial charge on any atom is 0.257 e. The SMILES string of the molecule is CC[C@@](O)(C(=O)N[C@@H](C)c1ccccc1)c1cc2n(c(=O)c1CO)CCC21OCCO1. The Kier molecular flexibility index (Phi) is 5.74. The number of carbonyl (C=O) groups excluding carboxylic acids is 1. The van der Waals surface area contributed by atoms with Gasteiger partial charge in [0.05, 0.1) is 31.6 Å². The third-order valence-electron chi connectivity index (χ3n) is 6.35. The van der Waals surface area contributed by atoms with Crippen LogP contribution in [0.2, 0.25) is 0 Å². The first kappa shape index (κ1) is 21.7. The largest absolute Gasteiger partial charge is 0.391 e. The molecule has 0 unspecified atom stereocenters. The zero-order valence-corrected chi connectivity index (χ0v) is 17.8. The quantitative estimate of drug-likeness (QED) is 0.642. The van der Waals surface area contributed by atoms with Crippen LogP contribution in [0, 0.1) is 0 Å². The van der Waals surface area contributed by atoms with Crippen molar-refractivity contribution in [2.75, 3.05) is 13.2 Å². The van der Waals surface area contributed by atoms with Gasteiger partial charge in [0.15, 0.2) is 5.60 Å². The monoisotopic (exact) mass is 428 g/mol. The van der Waals surface area contributed by atoms with E-state index in [0.717, 1.165) is 5.56 Å². The van der Waals surface area contributed by atoms with Crippen molar-refractivity contribution in [2.24, 2.45) is 0 Å². The minimum Gasteiger partial charge on any atom is -0.391 e. The fourth-order valence-corrected chi connectivity index (χ4v) is 4.50. The Balaban J connectivity index is 1.76. The first-order valence-corrected chi connectivity index (χ1v) is 10.6. The lowest BCUT2D eigenvalue weighted by molar-refractivity contribution is -0.163. The van der Waals surface area contributed by atoms with Crippen LogP contribution in [-0.2, 0) is 38.8 Å². The van der Waals surface area contributed by atoms with Crippen molar-refractivity contribution in [3.05, 3.63) is 69.1 Å². The number of amides is 1. The molecule has 1 amide bonds. The van der Waals surface area contributed by atoms with E-state index in [1.807, 2.05) is 37.3 Å². The van der Waals surface area contributed by atoms with Crippen LogP contribution in [0.1, 0.15) is 55.1 Å². The molecule has 3 N–H and O–H groups in total. The molecule has 2 atom stereocenters. The van der Waals surface area contributed by atoms with Crippen molar-refractivity contribution in [3.63, 3.8) is 0 Å². The van der Waals surface area contributed by atoms with E-state index in [1.165, 1.54) is 4.57 Å². The summed E-state index contributed by atoms with van der Waals surface area (Å²) < 4.78 is 13.1. The number of benzene rings is 1. The lowest BCUT2D eigenvalue weighted by atomic mass is 9.86. The Hall–Kier alpha value is -2.52. The van der Waals surface area contributed by atoms with Gasteiger partial charge in [0.1, 0.15) is 0 Å². The number of aliphatic hydroxyl groups is 2. The normalized spacial score (nSPS) is 19.7. The third-order valence-corrected chi connectivity index (χ3v) is 6.35. The van der Waals surface area contributed by atoms with Crippen molar-refractivity contribution < 1.29 is 24.5 Å². The van der Waals surface area contributed by atoms with Gasteiger partial charge >= 0.3 is 0 Å². The number of pyridine rings is 1. The van der Waals surface area contributed by atoms with Crippen LogP contribution < -0.4 is 10.9 Å². The molecule has 1 saturated heterocycles. The third kappa shape index (κ3) is 3.49. The molecule has 0 saturated carbocycles. The molecule has 1 aromatic carbocycles. The second-order valence-electron chi connectivity index (χ2n) is 8.06. The smallest absolute Gasteiger partial charge is 0.257 e. The minimum atomic E-state index is -2.00. The average molecular weight is 428 g/mol. The minimum absolute atomic E-state index is 0.00524.